The summed E-state index contributed by atoms with van der Waals surface area (Å²) in [7, 11) is 0. The number of hydrogen-bond acceptors (Lipinski definition) is 6. The molecule has 8 heteroatoms. The van der Waals surface area contributed by atoms with Gasteiger partial charge in [-0.1, -0.05) is 0 Å². The van der Waals surface area contributed by atoms with E-state index < -0.39 is 11.6 Å². The summed E-state index contributed by atoms with van der Waals surface area (Å²) in [5.41, 5.74) is 5.61. The average molecular weight is 293 g/mol. The van der Waals surface area contributed by atoms with Gasteiger partial charge in [0.05, 0.1) is 0 Å². The van der Waals surface area contributed by atoms with E-state index in [2.05, 4.69) is 15.0 Å². The summed E-state index contributed by atoms with van der Waals surface area (Å²) in [4.78, 5) is 13.9. The molecule has 0 unspecified atom stereocenters. The van der Waals surface area contributed by atoms with Crippen molar-refractivity contribution in [3.63, 3.8) is 0 Å². The Labute approximate surface area is 119 Å². The highest BCUT2D eigenvalue weighted by Gasteiger charge is 2.18. The number of ether oxygens (including phenoxy) is 1. The van der Waals surface area contributed by atoms with Crippen LogP contribution in [0.3, 0.4) is 0 Å². The first-order chi connectivity index (χ1) is 10.1. The molecule has 1 fully saturated rings. The predicted molar refractivity (Wildman–Crippen MR) is 72.1 cm³/mol. The Kier molecular flexibility index (Phi) is 3.51. The fourth-order valence-electron chi connectivity index (χ4n) is 2.12. The molecule has 1 aliphatic rings. The van der Waals surface area contributed by atoms with Gasteiger partial charge < -0.3 is 15.4 Å². The Morgan fingerprint density at radius 3 is 2.62 bits per heavy atom. The Morgan fingerprint density at radius 2 is 1.86 bits per heavy atom. The summed E-state index contributed by atoms with van der Waals surface area (Å²) in [5.74, 6) is -1.27. The van der Waals surface area contributed by atoms with Gasteiger partial charge in [0.1, 0.15) is 5.82 Å². The van der Waals surface area contributed by atoms with Gasteiger partial charge in [0.25, 0.3) is 0 Å². The summed E-state index contributed by atoms with van der Waals surface area (Å²) in [6, 6.07) is 2.73. The molecule has 3 rings (SSSR count). The second-order valence-electron chi connectivity index (χ2n) is 4.65. The fourth-order valence-corrected chi connectivity index (χ4v) is 2.12. The van der Waals surface area contributed by atoms with Crippen molar-refractivity contribution in [2.45, 2.75) is 12.8 Å². The Morgan fingerprint density at radius 1 is 1.10 bits per heavy atom. The SMILES string of the molecule is Nc1nc(Oc2cc(F)ccc2F)nc(N2CCCC2)n1. The smallest absolute Gasteiger partial charge is 0.328 e. The molecule has 0 bridgehead atoms. The zero-order valence-electron chi connectivity index (χ0n) is 11.1. The normalized spacial score (nSPS) is 14.5. The van der Waals surface area contributed by atoms with E-state index in [-0.39, 0.29) is 17.7 Å². The highest BCUT2D eigenvalue weighted by Crippen LogP contribution is 2.25. The number of halogens is 2. The maximum absolute atomic E-state index is 13.6. The van der Waals surface area contributed by atoms with Crippen LogP contribution in [0, 0.1) is 11.6 Å². The third kappa shape index (κ3) is 2.99. The highest BCUT2D eigenvalue weighted by atomic mass is 19.1. The van der Waals surface area contributed by atoms with Crippen LogP contribution in [-0.4, -0.2) is 28.0 Å². The number of nitrogens with two attached hydrogens (primary N) is 1. The van der Waals surface area contributed by atoms with Crippen molar-refractivity contribution >= 4 is 11.9 Å². The summed E-state index contributed by atoms with van der Waals surface area (Å²) < 4.78 is 31.9. The monoisotopic (exact) mass is 293 g/mol. The van der Waals surface area contributed by atoms with E-state index in [0.717, 1.165) is 44.1 Å². The van der Waals surface area contributed by atoms with E-state index in [0.29, 0.717) is 5.95 Å². The van der Waals surface area contributed by atoms with Crippen LogP contribution in [0.1, 0.15) is 12.8 Å². The molecule has 1 aromatic carbocycles. The Balaban J connectivity index is 1.89. The highest BCUT2D eigenvalue weighted by molar-refractivity contribution is 5.38. The number of hydrogen-bond donors (Lipinski definition) is 1. The first-order valence-corrected chi connectivity index (χ1v) is 6.51. The van der Waals surface area contributed by atoms with E-state index in [1.807, 2.05) is 4.90 Å². The number of nitrogens with zero attached hydrogens (tertiary/aromatic N) is 4. The van der Waals surface area contributed by atoms with E-state index in [1.54, 1.807) is 0 Å². The molecule has 1 aromatic heterocycles. The lowest BCUT2D eigenvalue weighted by atomic mass is 10.3. The van der Waals surface area contributed by atoms with Crippen LogP contribution in [0.4, 0.5) is 20.7 Å². The van der Waals surface area contributed by atoms with Crippen LogP contribution in [0.2, 0.25) is 0 Å². The van der Waals surface area contributed by atoms with Gasteiger partial charge in [-0.05, 0) is 25.0 Å². The minimum Gasteiger partial charge on any atom is -0.421 e. The summed E-state index contributed by atoms with van der Waals surface area (Å²) >= 11 is 0. The van der Waals surface area contributed by atoms with Crippen molar-refractivity contribution in [1.29, 1.82) is 0 Å². The molecule has 1 aliphatic heterocycles. The Hall–Kier alpha value is -2.51. The van der Waals surface area contributed by atoms with Crippen LogP contribution in [0.5, 0.6) is 11.8 Å². The molecule has 0 radical (unpaired) electrons. The number of rotatable bonds is 3. The quantitative estimate of drug-likeness (QED) is 0.934. The minimum absolute atomic E-state index is 0.0290. The largest absolute Gasteiger partial charge is 0.421 e. The maximum atomic E-state index is 13.6. The lowest BCUT2D eigenvalue weighted by Gasteiger charge is -2.15. The van der Waals surface area contributed by atoms with Gasteiger partial charge in [-0.15, -0.1) is 0 Å². The molecular formula is C13H13F2N5O. The van der Waals surface area contributed by atoms with Crippen LogP contribution >= 0.6 is 0 Å². The molecule has 0 saturated carbocycles. The first kappa shape index (κ1) is 13.5. The Bertz CT molecular complexity index is 661. The van der Waals surface area contributed by atoms with Crippen LogP contribution in [0.15, 0.2) is 18.2 Å². The van der Waals surface area contributed by atoms with Crippen LogP contribution in [-0.2, 0) is 0 Å². The number of aromatic nitrogens is 3. The molecule has 0 atom stereocenters. The zero-order valence-corrected chi connectivity index (χ0v) is 11.1. The van der Waals surface area contributed by atoms with Gasteiger partial charge in [0, 0.05) is 19.2 Å². The summed E-state index contributed by atoms with van der Waals surface area (Å²) in [6.07, 6.45) is 2.08. The van der Waals surface area contributed by atoms with Crippen molar-refractivity contribution in [3.05, 3.63) is 29.8 Å². The standard InChI is InChI=1S/C13H13F2N5O/c14-8-3-4-9(15)10(7-8)21-13-18-11(16)17-12(19-13)20-5-1-2-6-20/h3-4,7H,1-2,5-6H2,(H2,16,17,18,19). The zero-order chi connectivity index (χ0) is 14.8. The molecule has 6 nitrogen and oxygen atoms in total. The summed E-state index contributed by atoms with van der Waals surface area (Å²) in [5, 5.41) is 0. The first-order valence-electron chi connectivity index (χ1n) is 6.51. The predicted octanol–water partition coefficient (Wildman–Crippen LogP) is 2.12. The van der Waals surface area contributed by atoms with E-state index >= 15 is 0 Å². The van der Waals surface area contributed by atoms with Crippen molar-refractivity contribution in [2.75, 3.05) is 23.7 Å². The molecule has 0 aliphatic carbocycles. The van der Waals surface area contributed by atoms with Gasteiger partial charge in [0.2, 0.25) is 11.9 Å². The lowest BCUT2D eigenvalue weighted by Crippen LogP contribution is -2.21. The van der Waals surface area contributed by atoms with Gasteiger partial charge in [-0.25, -0.2) is 8.78 Å². The van der Waals surface area contributed by atoms with E-state index in [9.17, 15) is 8.78 Å². The fraction of sp³-hybridized carbons (Fsp3) is 0.308. The average Bonchev–Trinajstić information content (AvgIpc) is 2.96. The lowest BCUT2D eigenvalue weighted by molar-refractivity contribution is 0.406. The molecule has 21 heavy (non-hydrogen) atoms. The molecule has 2 heterocycles. The van der Waals surface area contributed by atoms with Crippen molar-refractivity contribution in [1.82, 2.24) is 15.0 Å². The molecule has 2 N–H and O–H groups in total. The molecule has 2 aromatic rings. The van der Waals surface area contributed by atoms with Gasteiger partial charge in [0.15, 0.2) is 11.6 Å². The summed E-state index contributed by atoms with van der Waals surface area (Å²) in [6.45, 7) is 1.63. The number of anilines is 2. The second kappa shape index (κ2) is 5.47. The number of benzene rings is 1. The van der Waals surface area contributed by atoms with Gasteiger partial charge in [-0.3, -0.25) is 0 Å². The van der Waals surface area contributed by atoms with E-state index in [4.69, 9.17) is 10.5 Å². The topological polar surface area (TPSA) is 77.2 Å². The molecular weight excluding hydrogens is 280 g/mol. The molecule has 0 amide bonds. The van der Waals surface area contributed by atoms with Gasteiger partial charge >= 0.3 is 6.01 Å². The van der Waals surface area contributed by atoms with E-state index in [1.165, 1.54) is 0 Å². The minimum atomic E-state index is -0.710. The van der Waals surface area contributed by atoms with Crippen LogP contribution in [0.25, 0.3) is 0 Å². The van der Waals surface area contributed by atoms with Crippen molar-refractivity contribution in [3.8, 4) is 11.8 Å². The maximum Gasteiger partial charge on any atom is 0.328 e. The third-order valence-electron chi connectivity index (χ3n) is 3.10. The molecule has 110 valence electrons. The van der Waals surface area contributed by atoms with Crippen molar-refractivity contribution < 1.29 is 13.5 Å². The van der Waals surface area contributed by atoms with Crippen LogP contribution < -0.4 is 15.4 Å². The van der Waals surface area contributed by atoms with Gasteiger partial charge in [-0.2, -0.15) is 15.0 Å². The molecule has 0 spiro atoms. The molecule has 1 saturated heterocycles. The third-order valence-corrected chi connectivity index (χ3v) is 3.10. The number of nitrogen functional groups attached to an aromatic ring is 1. The second-order valence-corrected chi connectivity index (χ2v) is 4.65. The van der Waals surface area contributed by atoms with Crippen molar-refractivity contribution in [2.24, 2.45) is 0 Å².